The standard InChI is InChI=1S/C15H17F2NO3/c16-15(17)7-10(8-15)9-18-5-6-21-12-4-2-1-3-11(12)13(18)14(19)20/h1-4,10,13H,5-9H2,(H,19,20). The monoisotopic (exact) mass is 297 g/mol. The molecule has 1 aromatic carbocycles. The number of alkyl halides is 2. The molecule has 21 heavy (non-hydrogen) atoms. The van der Waals surface area contributed by atoms with Crippen LogP contribution in [0.2, 0.25) is 0 Å². The second-order valence-corrected chi connectivity index (χ2v) is 5.75. The SMILES string of the molecule is O=C(O)C1c2ccccc2OCCN1CC1CC(F)(F)C1. The second kappa shape index (κ2) is 5.26. The van der Waals surface area contributed by atoms with Crippen molar-refractivity contribution in [1.29, 1.82) is 0 Å². The zero-order valence-corrected chi connectivity index (χ0v) is 11.5. The van der Waals surface area contributed by atoms with Gasteiger partial charge in [0.25, 0.3) is 0 Å². The maximum absolute atomic E-state index is 13.0. The molecule has 6 heteroatoms. The molecule has 0 aromatic heterocycles. The first kappa shape index (κ1) is 14.3. The van der Waals surface area contributed by atoms with Gasteiger partial charge >= 0.3 is 5.97 Å². The van der Waals surface area contributed by atoms with Crippen molar-refractivity contribution in [3.8, 4) is 5.75 Å². The van der Waals surface area contributed by atoms with Gasteiger partial charge in [-0.15, -0.1) is 0 Å². The minimum atomic E-state index is -2.58. The third kappa shape index (κ3) is 2.85. The van der Waals surface area contributed by atoms with Gasteiger partial charge in [0.15, 0.2) is 0 Å². The molecule has 1 aromatic rings. The van der Waals surface area contributed by atoms with E-state index in [1.54, 1.807) is 29.2 Å². The van der Waals surface area contributed by atoms with Gasteiger partial charge in [-0.25, -0.2) is 8.78 Å². The summed E-state index contributed by atoms with van der Waals surface area (Å²) < 4.78 is 31.5. The Kier molecular flexibility index (Phi) is 3.57. The maximum atomic E-state index is 13.0. The molecule has 3 rings (SSSR count). The van der Waals surface area contributed by atoms with Crippen LogP contribution < -0.4 is 4.74 Å². The Labute approximate surface area is 121 Å². The van der Waals surface area contributed by atoms with Crippen LogP contribution in [-0.2, 0) is 4.79 Å². The van der Waals surface area contributed by atoms with Crippen molar-refractivity contribution in [1.82, 2.24) is 4.90 Å². The highest BCUT2D eigenvalue weighted by atomic mass is 19.3. The number of fused-ring (bicyclic) bond motifs is 1. The van der Waals surface area contributed by atoms with Gasteiger partial charge in [0.1, 0.15) is 18.4 Å². The summed E-state index contributed by atoms with van der Waals surface area (Å²) in [6.45, 7) is 1.15. The fourth-order valence-electron chi connectivity index (χ4n) is 3.17. The molecule has 114 valence electrons. The first-order valence-corrected chi connectivity index (χ1v) is 7.03. The predicted molar refractivity (Wildman–Crippen MR) is 71.6 cm³/mol. The fourth-order valence-corrected chi connectivity index (χ4v) is 3.17. The molecule has 0 spiro atoms. The number of benzene rings is 1. The van der Waals surface area contributed by atoms with Crippen LogP contribution in [0.25, 0.3) is 0 Å². The number of carboxylic acids is 1. The molecule has 1 heterocycles. The molecule has 1 aliphatic carbocycles. The van der Waals surface area contributed by atoms with E-state index in [0.29, 0.717) is 31.0 Å². The first-order chi connectivity index (χ1) is 9.96. The highest BCUT2D eigenvalue weighted by molar-refractivity contribution is 5.77. The van der Waals surface area contributed by atoms with Gasteiger partial charge in [0.05, 0.1) is 0 Å². The lowest BCUT2D eigenvalue weighted by atomic mass is 9.80. The van der Waals surface area contributed by atoms with Crippen molar-refractivity contribution in [3.63, 3.8) is 0 Å². The average Bonchev–Trinajstić information content (AvgIpc) is 2.55. The van der Waals surface area contributed by atoms with Crippen molar-refractivity contribution >= 4 is 5.97 Å². The zero-order chi connectivity index (χ0) is 15.0. The summed E-state index contributed by atoms with van der Waals surface area (Å²) in [5.41, 5.74) is 0.591. The lowest BCUT2D eigenvalue weighted by molar-refractivity contribution is -0.146. The quantitative estimate of drug-likeness (QED) is 0.931. The van der Waals surface area contributed by atoms with Gasteiger partial charge in [-0.1, -0.05) is 18.2 Å². The molecular weight excluding hydrogens is 280 g/mol. The second-order valence-electron chi connectivity index (χ2n) is 5.75. The largest absolute Gasteiger partial charge is 0.492 e. The van der Waals surface area contributed by atoms with Crippen molar-refractivity contribution in [2.24, 2.45) is 5.92 Å². The molecular formula is C15H17F2NO3. The van der Waals surface area contributed by atoms with E-state index >= 15 is 0 Å². The van der Waals surface area contributed by atoms with Gasteiger partial charge in [-0.3, -0.25) is 9.69 Å². The molecule has 1 fully saturated rings. The van der Waals surface area contributed by atoms with Crippen LogP contribution in [0.3, 0.4) is 0 Å². The molecule has 1 unspecified atom stereocenters. The van der Waals surface area contributed by atoms with Crippen LogP contribution in [-0.4, -0.2) is 41.6 Å². The number of aliphatic carboxylic acids is 1. The van der Waals surface area contributed by atoms with Gasteiger partial charge < -0.3 is 9.84 Å². The number of hydrogen-bond donors (Lipinski definition) is 1. The smallest absolute Gasteiger partial charge is 0.325 e. The third-order valence-electron chi connectivity index (χ3n) is 4.12. The molecule has 0 bridgehead atoms. The number of nitrogens with zero attached hydrogens (tertiary/aromatic N) is 1. The zero-order valence-electron chi connectivity index (χ0n) is 11.5. The third-order valence-corrected chi connectivity index (χ3v) is 4.12. The van der Waals surface area contributed by atoms with Gasteiger partial charge in [-0.2, -0.15) is 0 Å². The first-order valence-electron chi connectivity index (χ1n) is 7.03. The number of carboxylic acid groups (broad SMARTS) is 1. The highest BCUT2D eigenvalue weighted by Crippen LogP contribution is 2.44. The molecule has 0 saturated heterocycles. The lowest BCUT2D eigenvalue weighted by Gasteiger charge is -2.39. The Hall–Kier alpha value is -1.69. The summed E-state index contributed by atoms with van der Waals surface area (Å²) in [6, 6.07) is 6.19. The highest BCUT2D eigenvalue weighted by Gasteiger charge is 2.46. The minimum Gasteiger partial charge on any atom is -0.492 e. The number of ether oxygens (including phenoxy) is 1. The number of carbonyl (C=O) groups is 1. The molecule has 1 N–H and O–H groups in total. The lowest BCUT2D eigenvalue weighted by Crippen LogP contribution is -2.45. The molecule has 0 amide bonds. The molecule has 0 radical (unpaired) electrons. The van der Waals surface area contributed by atoms with Crippen LogP contribution >= 0.6 is 0 Å². The van der Waals surface area contributed by atoms with Gasteiger partial charge in [0, 0.05) is 31.5 Å². The summed E-state index contributed by atoms with van der Waals surface area (Å²) in [5.74, 6) is -3.14. The summed E-state index contributed by atoms with van der Waals surface area (Å²) in [7, 11) is 0. The van der Waals surface area contributed by atoms with E-state index in [1.165, 1.54) is 0 Å². The Morgan fingerprint density at radius 1 is 1.38 bits per heavy atom. The minimum absolute atomic E-state index is 0.146. The number of rotatable bonds is 3. The summed E-state index contributed by atoms with van der Waals surface area (Å²) in [6.07, 6.45) is -0.309. The van der Waals surface area contributed by atoms with Gasteiger partial charge in [-0.05, 0) is 12.0 Å². The Morgan fingerprint density at radius 2 is 2.10 bits per heavy atom. The van der Waals surface area contributed by atoms with Crippen LogP contribution in [0, 0.1) is 5.92 Å². The van der Waals surface area contributed by atoms with Crippen LogP contribution in [0.1, 0.15) is 24.4 Å². The Balaban J connectivity index is 1.81. The molecule has 2 aliphatic rings. The van der Waals surface area contributed by atoms with E-state index in [0.717, 1.165) is 0 Å². The Bertz CT molecular complexity index is 541. The maximum Gasteiger partial charge on any atom is 0.325 e. The van der Waals surface area contributed by atoms with Crippen molar-refractivity contribution < 1.29 is 23.4 Å². The molecule has 4 nitrogen and oxygen atoms in total. The van der Waals surface area contributed by atoms with Crippen molar-refractivity contribution in [2.75, 3.05) is 19.7 Å². The van der Waals surface area contributed by atoms with Crippen molar-refractivity contribution in [2.45, 2.75) is 24.8 Å². The summed E-state index contributed by atoms with van der Waals surface area (Å²) in [5, 5.41) is 9.54. The number of para-hydroxylation sites is 1. The molecule has 1 saturated carbocycles. The summed E-state index contributed by atoms with van der Waals surface area (Å²) in [4.78, 5) is 13.4. The van der Waals surface area contributed by atoms with E-state index < -0.39 is 17.9 Å². The van der Waals surface area contributed by atoms with Crippen LogP contribution in [0.5, 0.6) is 5.75 Å². The van der Waals surface area contributed by atoms with Crippen LogP contribution in [0.4, 0.5) is 8.78 Å². The van der Waals surface area contributed by atoms with E-state index in [-0.39, 0.29) is 18.8 Å². The Morgan fingerprint density at radius 3 is 2.76 bits per heavy atom. The van der Waals surface area contributed by atoms with E-state index in [1.807, 2.05) is 0 Å². The number of hydrogen-bond acceptors (Lipinski definition) is 3. The molecule has 1 atom stereocenters. The van der Waals surface area contributed by atoms with Crippen LogP contribution in [0.15, 0.2) is 24.3 Å². The van der Waals surface area contributed by atoms with E-state index in [4.69, 9.17) is 4.74 Å². The van der Waals surface area contributed by atoms with E-state index in [2.05, 4.69) is 0 Å². The predicted octanol–water partition coefficient (Wildman–Crippen LogP) is 2.55. The van der Waals surface area contributed by atoms with E-state index in [9.17, 15) is 18.7 Å². The number of halogens is 2. The molecule has 1 aliphatic heterocycles. The normalized spacial score (nSPS) is 25.3. The fraction of sp³-hybridized carbons (Fsp3) is 0.533. The van der Waals surface area contributed by atoms with Crippen molar-refractivity contribution in [3.05, 3.63) is 29.8 Å². The average molecular weight is 297 g/mol. The topological polar surface area (TPSA) is 49.8 Å². The van der Waals surface area contributed by atoms with Gasteiger partial charge in [0.2, 0.25) is 5.92 Å². The summed E-state index contributed by atoms with van der Waals surface area (Å²) >= 11 is 0.